The molecule has 4 aromatic rings. The molecule has 0 bridgehead atoms. The Labute approximate surface area is 150 Å². The van der Waals surface area contributed by atoms with E-state index in [2.05, 4.69) is 10.2 Å². The maximum Gasteiger partial charge on any atom is 0.323 e. The number of primary amides is 1. The lowest BCUT2D eigenvalue weighted by molar-refractivity contribution is 0.256. The van der Waals surface area contributed by atoms with Gasteiger partial charge in [-0.2, -0.15) is 5.10 Å². The number of fused-ring (bicyclic) bond motifs is 1. The lowest BCUT2D eigenvalue weighted by Gasteiger charge is -2.20. The van der Waals surface area contributed by atoms with E-state index >= 15 is 0 Å². The molecule has 6 heteroatoms. The predicted octanol–water partition coefficient (Wildman–Crippen LogP) is 4.03. The summed E-state index contributed by atoms with van der Waals surface area (Å²) in [6.07, 6.45) is 0. The summed E-state index contributed by atoms with van der Waals surface area (Å²) in [5.41, 5.74) is 15.7. The molecule has 128 valence electrons. The van der Waals surface area contributed by atoms with Crippen LogP contribution in [0.5, 0.6) is 0 Å². The summed E-state index contributed by atoms with van der Waals surface area (Å²) in [6, 6.07) is 22.4. The van der Waals surface area contributed by atoms with Crippen molar-refractivity contribution in [2.24, 2.45) is 5.73 Å². The van der Waals surface area contributed by atoms with Crippen LogP contribution in [0.3, 0.4) is 0 Å². The number of carbonyl (C=O) groups excluding carboxylic acids is 1. The van der Waals surface area contributed by atoms with Crippen LogP contribution in [0.25, 0.3) is 22.0 Å². The van der Waals surface area contributed by atoms with E-state index in [0.717, 1.165) is 27.7 Å². The molecule has 6 nitrogen and oxygen atoms in total. The predicted molar refractivity (Wildman–Crippen MR) is 104 cm³/mol. The third-order valence-electron chi connectivity index (χ3n) is 4.29. The van der Waals surface area contributed by atoms with Crippen LogP contribution < -0.4 is 16.4 Å². The lowest BCUT2D eigenvalue weighted by atomic mass is 10.0. The molecule has 1 heterocycles. The molecule has 0 aliphatic heterocycles. The Hall–Kier alpha value is -3.80. The molecular formula is C20H17N5O. The zero-order chi connectivity index (χ0) is 18.1. The van der Waals surface area contributed by atoms with Gasteiger partial charge in [-0.25, -0.2) is 4.79 Å². The van der Waals surface area contributed by atoms with Gasteiger partial charge >= 0.3 is 6.03 Å². The minimum absolute atomic E-state index is 0.488. The average Bonchev–Trinajstić information content (AvgIpc) is 3.03. The van der Waals surface area contributed by atoms with Crippen molar-refractivity contribution < 1.29 is 4.79 Å². The highest BCUT2D eigenvalue weighted by Crippen LogP contribution is 2.30. The number of para-hydroxylation sites is 1. The number of nitrogens with two attached hydrogens (primary N) is 2. The fourth-order valence-electron chi connectivity index (χ4n) is 3.00. The summed E-state index contributed by atoms with van der Waals surface area (Å²) >= 11 is 0. The third kappa shape index (κ3) is 2.73. The van der Waals surface area contributed by atoms with Crippen molar-refractivity contribution in [3.8, 4) is 11.1 Å². The Bertz CT molecular complexity index is 1070. The topological polar surface area (TPSA) is 101 Å². The zero-order valence-corrected chi connectivity index (χ0v) is 13.9. The smallest absolute Gasteiger partial charge is 0.323 e. The van der Waals surface area contributed by atoms with Crippen LogP contribution in [0.15, 0.2) is 72.8 Å². The Balaban J connectivity index is 1.69. The molecular weight excluding hydrogens is 326 g/mol. The number of rotatable bonds is 3. The van der Waals surface area contributed by atoms with Crippen molar-refractivity contribution in [1.82, 2.24) is 10.2 Å². The van der Waals surface area contributed by atoms with E-state index in [-0.39, 0.29) is 0 Å². The lowest BCUT2D eigenvalue weighted by Crippen LogP contribution is -2.31. The fraction of sp³-hybridized carbons (Fsp3) is 0. The molecule has 0 spiro atoms. The number of nitrogens with zero attached hydrogens (tertiary/aromatic N) is 2. The van der Waals surface area contributed by atoms with Gasteiger partial charge in [0.1, 0.15) is 0 Å². The second kappa shape index (κ2) is 6.25. The zero-order valence-electron chi connectivity index (χ0n) is 13.9. The number of aromatic amines is 1. The summed E-state index contributed by atoms with van der Waals surface area (Å²) in [5, 5.41) is 7.83. The number of hydrogen-bond donors (Lipinski definition) is 3. The summed E-state index contributed by atoms with van der Waals surface area (Å²) in [7, 11) is 0. The van der Waals surface area contributed by atoms with Gasteiger partial charge in [-0.3, -0.25) is 10.00 Å². The van der Waals surface area contributed by atoms with Crippen LogP contribution in [0.1, 0.15) is 0 Å². The molecule has 4 rings (SSSR count). The van der Waals surface area contributed by atoms with Gasteiger partial charge in [-0.1, -0.05) is 36.4 Å². The van der Waals surface area contributed by atoms with E-state index in [1.54, 1.807) is 0 Å². The molecule has 0 radical (unpaired) electrons. The van der Waals surface area contributed by atoms with E-state index < -0.39 is 6.03 Å². The van der Waals surface area contributed by atoms with Crippen LogP contribution in [0.4, 0.5) is 22.0 Å². The number of amides is 2. The molecule has 26 heavy (non-hydrogen) atoms. The summed E-state index contributed by atoms with van der Waals surface area (Å²) < 4.78 is 0. The number of benzene rings is 3. The second-order valence-electron chi connectivity index (χ2n) is 5.93. The van der Waals surface area contributed by atoms with Gasteiger partial charge in [0.05, 0.1) is 16.9 Å². The van der Waals surface area contributed by atoms with Gasteiger partial charge in [0.15, 0.2) is 5.82 Å². The normalized spacial score (nSPS) is 10.8. The number of H-pyrrole nitrogens is 1. The van der Waals surface area contributed by atoms with Gasteiger partial charge in [0, 0.05) is 5.39 Å². The number of carbonyl (C=O) groups is 1. The molecule has 0 saturated carbocycles. The second-order valence-corrected chi connectivity index (χ2v) is 5.93. The highest BCUT2D eigenvalue weighted by molar-refractivity contribution is 5.98. The molecule has 0 aliphatic carbocycles. The Morgan fingerprint density at radius 2 is 1.54 bits per heavy atom. The third-order valence-corrected chi connectivity index (χ3v) is 4.29. The first-order valence-corrected chi connectivity index (χ1v) is 8.12. The quantitative estimate of drug-likeness (QED) is 0.523. The van der Waals surface area contributed by atoms with Crippen LogP contribution in [0, 0.1) is 0 Å². The minimum atomic E-state index is -0.529. The molecule has 0 aliphatic rings. The maximum absolute atomic E-state index is 11.9. The van der Waals surface area contributed by atoms with Crippen molar-refractivity contribution in [2.45, 2.75) is 0 Å². The first kappa shape index (κ1) is 15.7. The number of aromatic nitrogens is 2. The van der Waals surface area contributed by atoms with Gasteiger partial charge in [-0.05, 0) is 47.5 Å². The minimum Gasteiger partial charge on any atom is -0.382 e. The highest BCUT2D eigenvalue weighted by Gasteiger charge is 2.14. The van der Waals surface area contributed by atoms with E-state index in [4.69, 9.17) is 11.5 Å². The van der Waals surface area contributed by atoms with Crippen molar-refractivity contribution >= 4 is 34.1 Å². The van der Waals surface area contributed by atoms with Gasteiger partial charge in [0.25, 0.3) is 0 Å². The number of nitrogen functional groups attached to an aromatic ring is 1. The Morgan fingerprint density at radius 3 is 2.23 bits per heavy atom. The molecule has 0 atom stereocenters. The van der Waals surface area contributed by atoms with Crippen molar-refractivity contribution in [3.05, 3.63) is 72.8 Å². The number of urea groups is 1. The first-order chi connectivity index (χ1) is 12.6. The van der Waals surface area contributed by atoms with Gasteiger partial charge in [-0.15, -0.1) is 0 Å². The Kier molecular flexibility index (Phi) is 3.78. The van der Waals surface area contributed by atoms with Crippen LogP contribution in [-0.2, 0) is 0 Å². The molecule has 2 amide bonds. The highest BCUT2D eigenvalue weighted by atomic mass is 16.2. The molecule has 0 saturated heterocycles. The van der Waals surface area contributed by atoms with Crippen molar-refractivity contribution in [1.29, 1.82) is 0 Å². The van der Waals surface area contributed by atoms with Crippen LogP contribution in [0.2, 0.25) is 0 Å². The molecule has 0 fully saturated rings. The number of hydrogen-bond acceptors (Lipinski definition) is 3. The van der Waals surface area contributed by atoms with Crippen molar-refractivity contribution in [2.75, 3.05) is 10.6 Å². The van der Waals surface area contributed by atoms with Crippen LogP contribution in [-0.4, -0.2) is 16.2 Å². The molecule has 5 N–H and O–H groups in total. The van der Waals surface area contributed by atoms with E-state index in [1.165, 1.54) is 4.90 Å². The van der Waals surface area contributed by atoms with Crippen LogP contribution >= 0.6 is 0 Å². The number of nitrogens with one attached hydrogen (secondary N) is 1. The van der Waals surface area contributed by atoms with Gasteiger partial charge in [0.2, 0.25) is 0 Å². The molecule has 3 aromatic carbocycles. The number of anilines is 3. The largest absolute Gasteiger partial charge is 0.382 e. The monoisotopic (exact) mass is 343 g/mol. The first-order valence-electron chi connectivity index (χ1n) is 8.12. The maximum atomic E-state index is 11.9. The fourth-order valence-corrected chi connectivity index (χ4v) is 3.00. The Morgan fingerprint density at radius 1 is 0.885 bits per heavy atom. The molecule has 0 unspecified atom stereocenters. The van der Waals surface area contributed by atoms with E-state index in [0.29, 0.717) is 11.5 Å². The summed E-state index contributed by atoms with van der Waals surface area (Å²) in [4.78, 5) is 13.4. The summed E-state index contributed by atoms with van der Waals surface area (Å²) in [5.74, 6) is 0.488. The average molecular weight is 343 g/mol. The van der Waals surface area contributed by atoms with Crippen molar-refractivity contribution in [3.63, 3.8) is 0 Å². The molecule has 1 aromatic heterocycles. The summed E-state index contributed by atoms with van der Waals surface area (Å²) in [6.45, 7) is 0. The standard InChI is InChI=1S/C20H17N5O/c21-19-17-11-8-14(12-18(17)23-24-19)13-6-9-16(10-7-13)25(20(22)26)15-4-2-1-3-5-15/h1-12H,(H2,22,26)(H3,21,23,24). The van der Waals surface area contributed by atoms with Gasteiger partial charge < -0.3 is 11.5 Å². The SMILES string of the molecule is NC(=O)N(c1ccccc1)c1ccc(-c2ccc3c(N)n[nH]c3c2)cc1. The van der Waals surface area contributed by atoms with E-state index in [9.17, 15) is 4.79 Å². The van der Waals surface area contributed by atoms with E-state index in [1.807, 2.05) is 72.8 Å².